The summed E-state index contributed by atoms with van der Waals surface area (Å²) in [6, 6.07) is 24.3. The number of anilines is 1. The molecule has 0 bridgehead atoms. The van der Waals surface area contributed by atoms with Gasteiger partial charge in [-0.2, -0.15) is 0 Å². The fraction of sp³-hybridized carbons (Fsp3) is 0.286. The molecule has 2 amide bonds. The van der Waals surface area contributed by atoms with Gasteiger partial charge < -0.3 is 10.6 Å². The van der Waals surface area contributed by atoms with Crippen LogP contribution in [0.3, 0.4) is 0 Å². The van der Waals surface area contributed by atoms with Crippen molar-refractivity contribution in [3.63, 3.8) is 0 Å². The van der Waals surface area contributed by atoms with Crippen LogP contribution in [0, 0.1) is 5.82 Å². The lowest BCUT2D eigenvalue weighted by molar-refractivity contribution is -0.124. The van der Waals surface area contributed by atoms with Gasteiger partial charge in [-0.05, 0) is 41.8 Å². The molecule has 3 aromatic carbocycles. The van der Waals surface area contributed by atoms with Gasteiger partial charge in [0.1, 0.15) is 5.82 Å². The van der Waals surface area contributed by atoms with E-state index in [1.54, 1.807) is 12.1 Å². The number of hydrogen-bond acceptors (Lipinski definition) is 4. The van der Waals surface area contributed by atoms with Crippen molar-refractivity contribution in [3.05, 3.63) is 90.2 Å². The van der Waals surface area contributed by atoms with Gasteiger partial charge in [0.05, 0.1) is 19.1 Å². The number of rotatable bonds is 8. The first kappa shape index (κ1) is 24.6. The summed E-state index contributed by atoms with van der Waals surface area (Å²) in [5.41, 5.74) is 3.83. The van der Waals surface area contributed by atoms with Crippen molar-refractivity contribution >= 4 is 17.5 Å². The second kappa shape index (κ2) is 11.7. The van der Waals surface area contributed by atoms with Gasteiger partial charge in [-0.15, -0.1) is 0 Å². The molecule has 4 rings (SSSR count). The lowest BCUT2D eigenvalue weighted by Crippen LogP contribution is -2.51. The van der Waals surface area contributed by atoms with E-state index in [0.29, 0.717) is 38.4 Å². The molecule has 0 aliphatic carbocycles. The van der Waals surface area contributed by atoms with Crippen molar-refractivity contribution in [2.45, 2.75) is 13.0 Å². The van der Waals surface area contributed by atoms with Gasteiger partial charge in [-0.25, -0.2) is 4.39 Å². The van der Waals surface area contributed by atoms with Crippen LogP contribution in [0.15, 0.2) is 78.9 Å². The third-order valence-corrected chi connectivity index (χ3v) is 6.20. The van der Waals surface area contributed by atoms with Crippen molar-refractivity contribution in [1.29, 1.82) is 0 Å². The van der Waals surface area contributed by atoms with E-state index in [-0.39, 0.29) is 30.2 Å². The maximum absolute atomic E-state index is 13.3. The summed E-state index contributed by atoms with van der Waals surface area (Å²) in [5, 5.41) is 5.81. The summed E-state index contributed by atoms with van der Waals surface area (Å²) in [4.78, 5) is 29.0. The minimum absolute atomic E-state index is 0.0121. The Kier molecular flexibility index (Phi) is 8.23. The number of carbonyl (C=O) groups excluding carboxylic acids is 2. The van der Waals surface area contributed by atoms with E-state index >= 15 is 0 Å². The van der Waals surface area contributed by atoms with Gasteiger partial charge in [0, 0.05) is 31.9 Å². The van der Waals surface area contributed by atoms with E-state index in [1.165, 1.54) is 17.7 Å². The van der Waals surface area contributed by atoms with Crippen LogP contribution in [-0.2, 0) is 9.59 Å². The molecule has 1 saturated heterocycles. The Morgan fingerprint density at radius 1 is 0.800 bits per heavy atom. The Morgan fingerprint density at radius 2 is 1.40 bits per heavy atom. The average molecular weight is 475 g/mol. The summed E-state index contributed by atoms with van der Waals surface area (Å²) >= 11 is 0. The van der Waals surface area contributed by atoms with E-state index in [0.717, 1.165) is 11.1 Å². The number of amides is 2. The van der Waals surface area contributed by atoms with E-state index < -0.39 is 0 Å². The van der Waals surface area contributed by atoms with Crippen LogP contribution in [0.2, 0.25) is 0 Å². The first-order valence-electron chi connectivity index (χ1n) is 11.9. The van der Waals surface area contributed by atoms with Crippen LogP contribution < -0.4 is 10.6 Å². The van der Waals surface area contributed by atoms with Gasteiger partial charge in [0.15, 0.2) is 0 Å². The Morgan fingerprint density at radius 3 is 2.03 bits per heavy atom. The molecule has 7 heteroatoms. The van der Waals surface area contributed by atoms with E-state index in [9.17, 15) is 14.0 Å². The molecular weight excluding hydrogens is 443 g/mol. The van der Waals surface area contributed by atoms with Crippen LogP contribution in [0.25, 0.3) is 11.1 Å². The number of hydrogen-bond donors (Lipinski definition) is 2. The van der Waals surface area contributed by atoms with E-state index in [4.69, 9.17) is 0 Å². The molecule has 0 saturated carbocycles. The summed E-state index contributed by atoms with van der Waals surface area (Å²) in [6.45, 7) is 5.37. The fourth-order valence-corrected chi connectivity index (χ4v) is 4.24. The lowest BCUT2D eigenvalue weighted by Gasteiger charge is -2.34. The number of benzene rings is 3. The Bertz CT molecular complexity index is 1130. The first-order valence-corrected chi connectivity index (χ1v) is 11.9. The smallest absolute Gasteiger partial charge is 0.238 e. The molecule has 0 unspecified atom stereocenters. The van der Waals surface area contributed by atoms with Crippen molar-refractivity contribution in [2.75, 3.05) is 44.6 Å². The largest absolute Gasteiger partial charge is 0.348 e. The molecule has 1 fully saturated rings. The zero-order valence-corrected chi connectivity index (χ0v) is 19.9. The SMILES string of the molecule is C[C@@H](NC(=O)CN1CCN(CC(=O)Nc2cccc(F)c2)CC1)c1ccc(-c2ccccc2)cc1. The van der Waals surface area contributed by atoms with E-state index in [2.05, 4.69) is 51.9 Å². The molecule has 1 aliphatic heterocycles. The highest BCUT2D eigenvalue weighted by Crippen LogP contribution is 2.21. The van der Waals surface area contributed by atoms with Crippen LogP contribution in [0.1, 0.15) is 18.5 Å². The summed E-state index contributed by atoms with van der Waals surface area (Å²) in [5.74, 6) is -0.566. The number of halogens is 1. The normalized spacial score (nSPS) is 15.4. The third-order valence-electron chi connectivity index (χ3n) is 6.20. The maximum atomic E-state index is 13.3. The highest BCUT2D eigenvalue weighted by molar-refractivity contribution is 5.92. The predicted molar refractivity (Wildman–Crippen MR) is 136 cm³/mol. The van der Waals surface area contributed by atoms with Gasteiger partial charge in [-0.3, -0.25) is 19.4 Å². The minimum atomic E-state index is -0.381. The number of nitrogens with zero attached hydrogens (tertiary/aromatic N) is 2. The highest BCUT2D eigenvalue weighted by atomic mass is 19.1. The predicted octanol–water partition coefficient (Wildman–Crippen LogP) is 3.93. The van der Waals surface area contributed by atoms with Crippen molar-refractivity contribution in [1.82, 2.24) is 15.1 Å². The summed E-state index contributed by atoms with van der Waals surface area (Å²) < 4.78 is 13.3. The second-order valence-corrected chi connectivity index (χ2v) is 8.89. The molecule has 182 valence electrons. The Labute approximate surface area is 205 Å². The number of carbonyl (C=O) groups is 2. The van der Waals surface area contributed by atoms with Crippen LogP contribution in [-0.4, -0.2) is 60.9 Å². The molecule has 3 aromatic rings. The zero-order valence-electron chi connectivity index (χ0n) is 19.9. The maximum Gasteiger partial charge on any atom is 0.238 e. The van der Waals surface area contributed by atoms with Crippen molar-refractivity contribution in [3.8, 4) is 11.1 Å². The number of piperazine rings is 1. The molecule has 0 aromatic heterocycles. The topological polar surface area (TPSA) is 64.7 Å². The monoisotopic (exact) mass is 474 g/mol. The molecule has 2 N–H and O–H groups in total. The van der Waals surface area contributed by atoms with Crippen LogP contribution >= 0.6 is 0 Å². The standard InChI is InChI=1S/C28H31FN4O2/c1-21(22-10-12-24(13-11-22)23-6-3-2-4-7-23)30-27(34)19-32-14-16-33(17-15-32)20-28(35)31-26-9-5-8-25(29)18-26/h2-13,18,21H,14-17,19-20H2,1H3,(H,30,34)(H,31,35)/t21-/m1/s1. The van der Waals surface area contributed by atoms with Gasteiger partial charge in [-0.1, -0.05) is 60.7 Å². The second-order valence-electron chi connectivity index (χ2n) is 8.89. The summed E-state index contributed by atoms with van der Waals surface area (Å²) in [6.07, 6.45) is 0. The molecule has 0 spiro atoms. The zero-order chi connectivity index (χ0) is 24.6. The highest BCUT2D eigenvalue weighted by Gasteiger charge is 2.21. The number of nitrogens with one attached hydrogen (secondary N) is 2. The molecular formula is C28H31FN4O2. The molecule has 0 radical (unpaired) electrons. The Hall–Kier alpha value is -3.55. The van der Waals surface area contributed by atoms with Crippen LogP contribution in [0.5, 0.6) is 0 Å². The van der Waals surface area contributed by atoms with Gasteiger partial charge >= 0.3 is 0 Å². The average Bonchev–Trinajstić information content (AvgIpc) is 2.86. The van der Waals surface area contributed by atoms with Crippen LogP contribution in [0.4, 0.5) is 10.1 Å². The minimum Gasteiger partial charge on any atom is -0.348 e. The van der Waals surface area contributed by atoms with Gasteiger partial charge in [0.25, 0.3) is 0 Å². The molecule has 1 aliphatic rings. The molecule has 35 heavy (non-hydrogen) atoms. The van der Waals surface area contributed by atoms with E-state index in [1.807, 2.05) is 30.0 Å². The summed E-state index contributed by atoms with van der Waals surface area (Å²) in [7, 11) is 0. The Balaban J connectivity index is 1.18. The quantitative estimate of drug-likeness (QED) is 0.519. The van der Waals surface area contributed by atoms with Crippen molar-refractivity contribution in [2.24, 2.45) is 0 Å². The fourth-order valence-electron chi connectivity index (χ4n) is 4.24. The first-order chi connectivity index (χ1) is 17.0. The molecule has 1 atom stereocenters. The van der Waals surface area contributed by atoms with Crippen molar-refractivity contribution < 1.29 is 14.0 Å². The molecule has 1 heterocycles. The third kappa shape index (κ3) is 7.21. The molecule has 6 nitrogen and oxygen atoms in total. The lowest BCUT2D eigenvalue weighted by atomic mass is 10.0. The van der Waals surface area contributed by atoms with Gasteiger partial charge in [0.2, 0.25) is 11.8 Å².